The molecule has 0 aliphatic carbocycles. The maximum atomic E-state index is 11.8. The monoisotopic (exact) mass is 329 g/mol. The van der Waals surface area contributed by atoms with Gasteiger partial charge in [0.2, 0.25) is 0 Å². The SMILES string of the molecule is CC.CC(OC1COC1)C(=O)Nc1ccccc1Br. The van der Waals surface area contributed by atoms with Crippen molar-refractivity contribution < 1.29 is 14.3 Å². The third-order valence-electron chi connectivity index (χ3n) is 2.51. The lowest BCUT2D eigenvalue weighted by molar-refractivity contribution is -0.161. The van der Waals surface area contributed by atoms with Crippen molar-refractivity contribution in [1.29, 1.82) is 0 Å². The Bertz CT molecular complexity index is 407. The van der Waals surface area contributed by atoms with Gasteiger partial charge in [0.15, 0.2) is 0 Å². The number of hydrogen-bond acceptors (Lipinski definition) is 3. The summed E-state index contributed by atoms with van der Waals surface area (Å²) in [6.45, 7) is 6.89. The van der Waals surface area contributed by atoms with Crippen molar-refractivity contribution in [3.8, 4) is 0 Å². The Morgan fingerprint density at radius 2 is 2.05 bits per heavy atom. The van der Waals surface area contributed by atoms with E-state index in [0.717, 1.165) is 10.2 Å². The Hall–Kier alpha value is -0.910. The van der Waals surface area contributed by atoms with Crippen LogP contribution in [0.5, 0.6) is 0 Å². The lowest BCUT2D eigenvalue weighted by atomic mass is 10.2. The van der Waals surface area contributed by atoms with Gasteiger partial charge in [-0.3, -0.25) is 4.79 Å². The molecule has 4 nitrogen and oxygen atoms in total. The molecule has 1 heterocycles. The lowest BCUT2D eigenvalue weighted by Crippen LogP contribution is -2.41. The molecule has 1 N–H and O–H groups in total. The predicted octanol–water partition coefficient (Wildman–Crippen LogP) is 3.22. The van der Waals surface area contributed by atoms with E-state index in [1.165, 1.54) is 0 Å². The molecule has 1 amide bonds. The summed E-state index contributed by atoms with van der Waals surface area (Å²) in [6, 6.07) is 7.47. The van der Waals surface area contributed by atoms with Gasteiger partial charge in [-0.1, -0.05) is 26.0 Å². The third kappa shape index (κ3) is 4.93. The average Bonchev–Trinajstić information content (AvgIpc) is 2.38. The van der Waals surface area contributed by atoms with E-state index in [2.05, 4.69) is 21.2 Å². The first-order valence-electron chi connectivity index (χ1n) is 6.45. The fourth-order valence-electron chi connectivity index (χ4n) is 1.44. The topological polar surface area (TPSA) is 47.6 Å². The van der Waals surface area contributed by atoms with E-state index in [1.54, 1.807) is 6.92 Å². The van der Waals surface area contributed by atoms with Crippen molar-refractivity contribution in [2.24, 2.45) is 0 Å². The number of ether oxygens (including phenoxy) is 2. The molecule has 5 heteroatoms. The molecule has 1 aliphatic heterocycles. The number of hydrogen-bond donors (Lipinski definition) is 1. The van der Waals surface area contributed by atoms with Gasteiger partial charge in [0, 0.05) is 4.47 Å². The van der Waals surface area contributed by atoms with Gasteiger partial charge in [-0.2, -0.15) is 0 Å². The van der Waals surface area contributed by atoms with Gasteiger partial charge in [0.25, 0.3) is 5.91 Å². The number of carbonyl (C=O) groups excluding carboxylic acids is 1. The number of rotatable bonds is 4. The van der Waals surface area contributed by atoms with E-state index in [0.29, 0.717) is 13.2 Å². The zero-order valence-electron chi connectivity index (χ0n) is 11.5. The number of nitrogens with one attached hydrogen (secondary N) is 1. The normalized spacial score (nSPS) is 15.8. The Morgan fingerprint density at radius 3 is 2.58 bits per heavy atom. The molecule has 0 bridgehead atoms. The molecule has 1 aromatic carbocycles. The van der Waals surface area contributed by atoms with Crippen molar-refractivity contribution in [3.05, 3.63) is 28.7 Å². The van der Waals surface area contributed by atoms with Crippen LogP contribution >= 0.6 is 15.9 Å². The van der Waals surface area contributed by atoms with Gasteiger partial charge >= 0.3 is 0 Å². The van der Waals surface area contributed by atoms with Crippen LogP contribution in [0.3, 0.4) is 0 Å². The summed E-state index contributed by atoms with van der Waals surface area (Å²) in [6.07, 6.45) is -0.425. The summed E-state index contributed by atoms with van der Waals surface area (Å²) in [5.74, 6) is -0.149. The highest BCUT2D eigenvalue weighted by molar-refractivity contribution is 9.10. The maximum absolute atomic E-state index is 11.8. The maximum Gasteiger partial charge on any atom is 0.253 e. The molecule has 0 spiro atoms. The Morgan fingerprint density at radius 1 is 1.42 bits per heavy atom. The minimum Gasteiger partial charge on any atom is -0.376 e. The van der Waals surface area contributed by atoms with Crippen LogP contribution in [-0.4, -0.2) is 31.3 Å². The number of amides is 1. The fraction of sp³-hybridized carbons (Fsp3) is 0.500. The second-order valence-electron chi connectivity index (χ2n) is 3.91. The molecular formula is C14H20BrNO3. The summed E-state index contributed by atoms with van der Waals surface area (Å²) in [7, 11) is 0. The summed E-state index contributed by atoms with van der Waals surface area (Å²) < 4.78 is 11.4. The third-order valence-corrected chi connectivity index (χ3v) is 3.20. The first kappa shape index (κ1) is 16.1. The van der Waals surface area contributed by atoms with Gasteiger partial charge in [0.1, 0.15) is 12.2 Å². The van der Waals surface area contributed by atoms with Crippen molar-refractivity contribution in [3.63, 3.8) is 0 Å². The van der Waals surface area contributed by atoms with Crippen LogP contribution in [0.1, 0.15) is 20.8 Å². The highest BCUT2D eigenvalue weighted by Crippen LogP contribution is 2.21. The van der Waals surface area contributed by atoms with Gasteiger partial charge in [-0.15, -0.1) is 0 Å². The summed E-state index contributed by atoms with van der Waals surface area (Å²) in [5.41, 5.74) is 0.748. The molecule has 0 aromatic heterocycles. The Labute approximate surface area is 122 Å². The highest BCUT2D eigenvalue weighted by Gasteiger charge is 2.25. The molecule has 0 saturated carbocycles. The Balaban J connectivity index is 0.000000861. The van der Waals surface area contributed by atoms with Gasteiger partial charge in [0.05, 0.1) is 18.9 Å². The van der Waals surface area contributed by atoms with Gasteiger partial charge in [-0.05, 0) is 35.0 Å². The smallest absolute Gasteiger partial charge is 0.253 e. The van der Waals surface area contributed by atoms with Crippen molar-refractivity contribution in [2.45, 2.75) is 33.0 Å². The van der Waals surface area contributed by atoms with E-state index in [9.17, 15) is 4.79 Å². The quantitative estimate of drug-likeness (QED) is 0.922. The van der Waals surface area contributed by atoms with Crippen LogP contribution in [0.15, 0.2) is 28.7 Å². The number of halogens is 1. The minimum atomic E-state index is -0.476. The molecular weight excluding hydrogens is 310 g/mol. The molecule has 106 valence electrons. The molecule has 19 heavy (non-hydrogen) atoms. The number of para-hydroxylation sites is 1. The van der Waals surface area contributed by atoms with Gasteiger partial charge < -0.3 is 14.8 Å². The standard InChI is InChI=1S/C12H14BrNO3.C2H6/c1-8(17-9-6-16-7-9)12(15)14-11-5-3-2-4-10(11)13;1-2/h2-5,8-9H,6-7H2,1H3,(H,14,15);1-2H3. The second kappa shape index (κ2) is 8.30. The molecule has 1 aromatic rings. The number of benzene rings is 1. The van der Waals surface area contributed by atoms with Crippen molar-refractivity contribution >= 4 is 27.5 Å². The van der Waals surface area contributed by atoms with Crippen LogP contribution in [0, 0.1) is 0 Å². The van der Waals surface area contributed by atoms with Crippen LogP contribution in [0.2, 0.25) is 0 Å². The van der Waals surface area contributed by atoms with Crippen molar-refractivity contribution in [2.75, 3.05) is 18.5 Å². The van der Waals surface area contributed by atoms with E-state index in [1.807, 2.05) is 38.1 Å². The van der Waals surface area contributed by atoms with Crippen LogP contribution in [0.4, 0.5) is 5.69 Å². The summed E-state index contributed by atoms with van der Waals surface area (Å²) >= 11 is 3.37. The molecule has 1 unspecified atom stereocenters. The second-order valence-corrected chi connectivity index (χ2v) is 4.76. The van der Waals surface area contributed by atoms with E-state index < -0.39 is 6.10 Å². The number of anilines is 1. The highest BCUT2D eigenvalue weighted by atomic mass is 79.9. The lowest BCUT2D eigenvalue weighted by Gasteiger charge is -2.28. The molecule has 1 saturated heterocycles. The van der Waals surface area contributed by atoms with E-state index in [4.69, 9.17) is 9.47 Å². The average molecular weight is 330 g/mol. The first-order chi connectivity index (χ1) is 9.16. The summed E-state index contributed by atoms with van der Waals surface area (Å²) in [4.78, 5) is 11.8. The van der Waals surface area contributed by atoms with E-state index in [-0.39, 0.29) is 12.0 Å². The van der Waals surface area contributed by atoms with E-state index >= 15 is 0 Å². The van der Waals surface area contributed by atoms with Crippen LogP contribution in [-0.2, 0) is 14.3 Å². The Kier molecular flexibility index (Phi) is 7.05. The molecule has 1 fully saturated rings. The van der Waals surface area contributed by atoms with Gasteiger partial charge in [-0.25, -0.2) is 0 Å². The van der Waals surface area contributed by atoms with Crippen LogP contribution in [0.25, 0.3) is 0 Å². The minimum absolute atomic E-state index is 0.0509. The molecule has 0 radical (unpaired) electrons. The largest absolute Gasteiger partial charge is 0.376 e. The molecule has 1 atom stereocenters. The first-order valence-corrected chi connectivity index (χ1v) is 7.24. The molecule has 1 aliphatic rings. The van der Waals surface area contributed by atoms with Crippen LogP contribution < -0.4 is 5.32 Å². The summed E-state index contributed by atoms with van der Waals surface area (Å²) in [5, 5.41) is 2.81. The number of carbonyl (C=O) groups is 1. The van der Waals surface area contributed by atoms with Crippen molar-refractivity contribution in [1.82, 2.24) is 0 Å². The fourth-order valence-corrected chi connectivity index (χ4v) is 1.82. The zero-order chi connectivity index (χ0) is 14.3. The molecule has 2 rings (SSSR count). The predicted molar refractivity (Wildman–Crippen MR) is 79.3 cm³/mol. The zero-order valence-corrected chi connectivity index (χ0v) is 13.1.